The number of amides is 2. The molecule has 1 aliphatic rings. The van der Waals surface area contributed by atoms with Crippen molar-refractivity contribution in [3.05, 3.63) is 65.2 Å². The Labute approximate surface area is 191 Å². The van der Waals surface area contributed by atoms with Crippen molar-refractivity contribution in [2.24, 2.45) is 0 Å². The Balaban J connectivity index is 1.49. The molecule has 2 aromatic carbocycles. The van der Waals surface area contributed by atoms with E-state index in [0.717, 1.165) is 25.0 Å². The predicted molar refractivity (Wildman–Crippen MR) is 127 cm³/mol. The van der Waals surface area contributed by atoms with Crippen LogP contribution >= 0.6 is 0 Å². The van der Waals surface area contributed by atoms with E-state index in [1.807, 2.05) is 31.2 Å². The summed E-state index contributed by atoms with van der Waals surface area (Å²) in [6.45, 7) is 7.20. The average molecular weight is 438 g/mol. The Hall–Kier alpha value is -2.86. The number of carbonyl (C=O) groups excluding carboxylic acids is 2. The molecule has 0 saturated heterocycles. The molecular weight excluding hydrogens is 402 g/mol. The monoisotopic (exact) mass is 437 g/mol. The van der Waals surface area contributed by atoms with Gasteiger partial charge in [-0.2, -0.15) is 0 Å². The highest BCUT2D eigenvalue weighted by molar-refractivity contribution is 5.94. The van der Waals surface area contributed by atoms with Crippen LogP contribution in [0.25, 0.3) is 0 Å². The minimum absolute atomic E-state index is 0.0959. The highest BCUT2D eigenvalue weighted by Gasteiger charge is 2.27. The van der Waals surface area contributed by atoms with E-state index in [1.54, 1.807) is 0 Å². The van der Waals surface area contributed by atoms with Crippen LogP contribution in [0.5, 0.6) is 5.75 Å². The Morgan fingerprint density at radius 1 is 1.06 bits per heavy atom. The number of hydrogen-bond donors (Lipinski definition) is 3. The molecule has 6 heteroatoms. The number of nitrogens with one attached hydrogen (secondary N) is 3. The van der Waals surface area contributed by atoms with Crippen LogP contribution in [0.3, 0.4) is 0 Å². The number of rotatable bonds is 10. The van der Waals surface area contributed by atoms with Crippen LogP contribution in [-0.2, 0) is 4.79 Å². The number of carbonyl (C=O) groups is 2. The fourth-order valence-corrected chi connectivity index (χ4v) is 4.35. The summed E-state index contributed by atoms with van der Waals surface area (Å²) in [5.41, 5.74) is 3.18. The van der Waals surface area contributed by atoms with Crippen LogP contribution in [0.4, 0.5) is 0 Å². The van der Waals surface area contributed by atoms with Crippen molar-refractivity contribution in [3.63, 3.8) is 0 Å². The molecule has 3 rings (SSSR count). The summed E-state index contributed by atoms with van der Waals surface area (Å²) in [5.74, 6) is 1.21. The summed E-state index contributed by atoms with van der Waals surface area (Å²) in [4.78, 5) is 23.1. The summed E-state index contributed by atoms with van der Waals surface area (Å²) in [5, 5.41) is 9.28. The standard InChI is InChI=1S/C26H35N3O3/c1-4-32-25-7-5-6-22(17-25)18(2)29-24-13-12-23(16-24)20-8-10-21(11-9-20)26(31)28-15-14-27-19(3)30/h5-11,17-18,23-24,29H,4,12-16H2,1-3H3,(H,27,30)(H,28,31)/t18-,23?,24+/m1/s1. The van der Waals surface area contributed by atoms with Gasteiger partial charge in [0, 0.05) is 37.7 Å². The maximum absolute atomic E-state index is 12.3. The van der Waals surface area contributed by atoms with Crippen LogP contribution in [-0.4, -0.2) is 37.6 Å². The van der Waals surface area contributed by atoms with Crippen molar-refractivity contribution in [2.75, 3.05) is 19.7 Å². The minimum atomic E-state index is -0.115. The van der Waals surface area contributed by atoms with E-state index in [4.69, 9.17) is 4.74 Å². The van der Waals surface area contributed by atoms with Crippen molar-refractivity contribution in [1.29, 1.82) is 0 Å². The van der Waals surface area contributed by atoms with Crippen molar-refractivity contribution in [3.8, 4) is 5.75 Å². The van der Waals surface area contributed by atoms with E-state index in [1.165, 1.54) is 18.1 Å². The fraction of sp³-hybridized carbons (Fsp3) is 0.462. The van der Waals surface area contributed by atoms with Gasteiger partial charge in [0.1, 0.15) is 5.75 Å². The van der Waals surface area contributed by atoms with Crippen LogP contribution in [0.1, 0.15) is 73.5 Å². The first-order valence-electron chi connectivity index (χ1n) is 11.6. The van der Waals surface area contributed by atoms with Gasteiger partial charge in [-0.25, -0.2) is 0 Å². The maximum Gasteiger partial charge on any atom is 0.251 e. The lowest BCUT2D eigenvalue weighted by Crippen LogP contribution is -2.33. The molecule has 0 aliphatic heterocycles. The predicted octanol–water partition coefficient (Wildman–Crippen LogP) is 3.94. The van der Waals surface area contributed by atoms with E-state index in [-0.39, 0.29) is 17.9 Å². The average Bonchev–Trinajstić information content (AvgIpc) is 3.25. The molecule has 0 heterocycles. The van der Waals surface area contributed by atoms with Crippen LogP contribution in [0.15, 0.2) is 48.5 Å². The zero-order valence-electron chi connectivity index (χ0n) is 19.3. The van der Waals surface area contributed by atoms with Crippen LogP contribution in [0, 0.1) is 0 Å². The Morgan fingerprint density at radius 3 is 2.53 bits per heavy atom. The highest BCUT2D eigenvalue weighted by atomic mass is 16.5. The van der Waals surface area contributed by atoms with Crippen molar-refractivity contribution in [2.45, 2.75) is 58.0 Å². The fourth-order valence-electron chi connectivity index (χ4n) is 4.35. The van der Waals surface area contributed by atoms with Gasteiger partial charge in [-0.1, -0.05) is 24.3 Å². The van der Waals surface area contributed by atoms with Gasteiger partial charge < -0.3 is 20.7 Å². The van der Waals surface area contributed by atoms with E-state index in [0.29, 0.717) is 37.2 Å². The van der Waals surface area contributed by atoms with Gasteiger partial charge in [-0.15, -0.1) is 0 Å². The summed E-state index contributed by atoms with van der Waals surface area (Å²) < 4.78 is 5.63. The molecule has 3 atom stereocenters. The lowest BCUT2D eigenvalue weighted by Gasteiger charge is -2.21. The largest absolute Gasteiger partial charge is 0.494 e. The Morgan fingerprint density at radius 2 is 1.81 bits per heavy atom. The lowest BCUT2D eigenvalue weighted by molar-refractivity contribution is -0.118. The smallest absolute Gasteiger partial charge is 0.251 e. The van der Waals surface area contributed by atoms with Crippen molar-refractivity contribution >= 4 is 11.8 Å². The van der Waals surface area contributed by atoms with Gasteiger partial charge in [0.25, 0.3) is 5.91 Å². The Kier molecular flexibility index (Phi) is 8.68. The zero-order chi connectivity index (χ0) is 22.9. The molecule has 172 valence electrons. The van der Waals surface area contributed by atoms with E-state index in [9.17, 15) is 9.59 Å². The number of benzene rings is 2. The molecule has 0 radical (unpaired) electrons. The quantitative estimate of drug-likeness (QED) is 0.492. The molecule has 1 aliphatic carbocycles. The summed E-state index contributed by atoms with van der Waals surface area (Å²) in [6.07, 6.45) is 3.38. The topological polar surface area (TPSA) is 79.5 Å². The molecule has 3 N–H and O–H groups in total. The first-order chi connectivity index (χ1) is 15.5. The molecule has 1 fully saturated rings. The SMILES string of the molecule is CCOc1cccc([C@@H](C)N[C@H]2CCC(c3ccc(C(=O)NCCNC(C)=O)cc3)C2)c1. The van der Waals surface area contributed by atoms with Gasteiger partial charge in [0.15, 0.2) is 0 Å². The molecule has 1 saturated carbocycles. The molecule has 0 spiro atoms. The van der Waals surface area contributed by atoms with E-state index < -0.39 is 0 Å². The van der Waals surface area contributed by atoms with E-state index >= 15 is 0 Å². The van der Waals surface area contributed by atoms with Crippen LogP contribution in [0.2, 0.25) is 0 Å². The van der Waals surface area contributed by atoms with Gasteiger partial charge in [0.05, 0.1) is 6.61 Å². The van der Waals surface area contributed by atoms with Crippen LogP contribution < -0.4 is 20.7 Å². The highest BCUT2D eigenvalue weighted by Crippen LogP contribution is 2.35. The zero-order valence-corrected chi connectivity index (χ0v) is 19.3. The third kappa shape index (κ3) is 6.82. The number of hydrogen-bond acceptors (Lipinski definition) is 4. The second-order valence-corrected chi connectivity index (χ2v) is 8.46. The molecule has 32 heavy (non-hydrogen) atoms. The third-order valence-corrected chi connectivity index (χ3v) is 6.02. The molecule has 0 aromatic heterocycles. The minimum Gasteiger partial charge on any atom is -0.494 e. The molecule has 2 amide bonds. The van der Waals surface area contributed by atoms with Gasteiger partial charge in [0.2, 0.25) is 5.91 Å². The molecule has 1 unspecified atom stereocenters. The van der Waals surface area contributed by atoms with Crippen molar-refractivity contribution in [1.82, 2.24) is 16.0 Å². The second-order valence-electron chi connectivity index (χ2n) is 8.46. The summed E-state index contributed by atoms with van der Waals surface area (Å²) in [6, 6.07) is 17.0. The van der Waals surface area contributed by atoms with Gasteiger partial charge in [-0.05, 0) is 74.4 Å². The number of ether oxygens (including phenoxy) is 1. The van der Waals surface area contributed by atoms with Gasteiger partial charge in [-0.3, -0.25) is 9.59 Å². The molecule has 6 nitrogen and oxygen atoms in total. The maximum atomic E-state index is 12.3. The first-order valence-corrected chi connectivity index (χ1v) is 11.6. The van der Waals surface area contributed by atoms with E-state index in [2.05, 4.69) is 47.1 Å². The van der Waals surface area contributed by atoms with Gasteiger partial charge >= 0.3 is 0 Å². The first kappa shape index (κ1) is 23.8. The second kappa shape index (κ2) is 11.7. The normalized spacial score (nSPS) is 18.7. The van der Waals surface area contributed by atoms with Crippen molar-refractivity contribution < 1.29 is 14.3 Å². The molecular formula is C26H35N3O3. The lowest BCUT2D eigenvalue weighted by atomic mass is 9.96. The molecule has 2 aromatic rings. The Bertz CT molecular complexity index is 897. The summed E-state index contributed by atoms with van der Waals surface area (Å²) >= 11 is 0. The summed E-state index contributed by atoms with van der Waals surface area (Å²) in [7, 11) is 0. The molecule has 0 bridgehead atoms. The third-order valence-electron chi connectivity index (χ3n) is 6.02.